The van der Waals surface area contributed by atoms with Crippen LogP contribution in [-0.4, -0.2) is 34.0 Å². The lowest BCUT2D eigenvalue weighted by Crippen LogP contribution is -2.27. The van der Waals surface area contributed by atoms with E-state index in [1.54, 1.807) is 10.9 Å². The topological polar surface area (TPSA) is 71.8 Å². The molecule has 6 nitrogen and oxygen atoms in total. The van der Waals surface area contributed by atoms with Crippen molar-refractivity contribution in [2.24, 2.45) is 0 Å². The lowest BCUT2D eigenvalue weighted by Gasteiger charge is -2.00. The van der Waals surface area contributed by atoms with Crippen LogP contribution in [0.2, 0.25) is 0 Å². The third-order valence-corrected chi connectivity index (χ3v) is 2.00. The lowest BCUT2D eigenvalue weighted by atomic mass is 10.4. The maximum absolute atomic E-state index is 11.3. The maximum Gasteiger partial charge on any atom is 0.241 e. The van der Waals surface area contributed by atoms with Gasteiger partial charge in [-0.15, -0.1) is 5.10 Å². The number of hydrogen-bond donors (Lipinski definition) is 2. The molecule has 1 amide bonds. The number of likely N-dealkylation sites (N-methyl/N-ethyl adjacent to an activating group) is 1. The van der Waals surface area contributed by atoms with Crippen LogP contribution in [0.4, 0.5) is 0 Å². The minimum Gasteiger partial charge on any atom is -0.355 e. The summed E-state index contributed by atoms with van der Waals surface area (Å²) in [6.45, 7) is 6.53. The Hall–Kier alpha value is -1.43. The summed E-state index contributed by atoms with van der Waals surface area (Å²) in [5.74, 6) is -0.0412. The minimum absolute atomic E-state index is 0.0412. The zero-order valence-corrected chi connectivity index (χ0v) is 9.86. The Morgan fingerprint density at radius 2 is 2.31 bits per heavy atom. The molecule has 0 atom stereocenters. The number of aromatic nitrogens is 3. The Balaban J connectivity index is 2.36. The van der Waals surface area contributed by atoms with Gasteiger partial charge in [-0.2, -0.15) is 0 Å². The molecule has 0 aliphatic rings. The van der Waals surface area contributed by atoms with E-state index in [-0.39, 0.29) is 12.5 Å². The zero-order chi connectivity index (χ0) is 11.8. The van der Waals surface area contributed by atoms with Gasteiger partial charge in [0.05, 0.1) is 11.9 Å². The van der Waals surface area contributed by atoms with Gasteiger partial charge in [-0.3, -0.25) is 4.79 Å². The third-order valence-electron chi connectivity index (χ3n) is 2.00. The summed E-state index contributed by atoms with van der Waals surface area (Å²) in [4.78, 5) is 11.3. The van der Waals surface area contributed by atoms with Crippen molar-refractivity contribution in [2.45, 2.75) is 33.4 Å². The predicted molar refractivity (Wildman–Crippen MR) is 60.7 cm³/mol. The molecule has 0 radical (unpaired) electrons. The van der Waals surface area contributed by atoms with E-state index >= 15 is 0 Å². The zero-order valence-electron chi connectivity index (χ0n) is 9.86. The molecule has 0 aliphatic heterocycles. The second-order valence-corrected chi connectivity index (χ2v) is 3.54. The number of carbonyl (C=O) groups is 1. The van der Waals surface area contributed by atoms with Crippen LogP contribution >= 0.6 is 0 Å². The molecule has 90 valence electrons. The molecule has 0 saturated heterocycles. The van der Waals surface area contributed by atoms with Crippen LogP contribution in [0.1, 0.15) is 26.0 Å². The van der Waals surface area contributed by atoms with Crippen LogP contribution in [0.25, 0.3) is 0 Å². The predicted octanol–water partition coefficient (Wildman–Crippen LogP) is -0.0862. The van der Waals surface area contributed by atoms with E-state index in [0.717, 1.165) is 18.7 Å². The monoisotopic (exact) mass is 225 g/mol. The molecule has 2 N–H and O–H groups in total. The van der Waals surface area contributed by atoms with Crippen LogP contribution in [0.15, 0.2) is 6.20 Å². The molecule has 1 aromatic heterocycles. The molecule has 0 unspecified atom stereocenters. The molecule has 0 aromatic carbocycles. The molecule has 0 bridgehead atoms. The number of nitrogens with zero attached hydrogens (tertiary/aromatic N) is 3. The van der Waals surface area contributed by atoms with Gasteiger partial charge in [0, 0.05) is 13.1 Å². The van der Waals surface area contributed by atoms with Gasteiger partial charge in [-0.05, 0) is 19.9 Å². The second kappa shape index (κ2) is 6.95. The number of nitrogens with one attached hydrogen (secondary N) is 2. The Bertz CT molecular complexity index is 323. The van der Waals surface area contributed by atoms with Crippen molar-refractivity contribution in [3.05, 3.63) is 11.9 Å². The van der Waals surface area contributed by atoms with Crippen molar-refractivity contribution in [1.29, 1.82) is 0 Å². The highest BCUT2D eigenvalue weighted by Gasteiger charge is 2.04. The standard InChI is InChI=1S/C10H19N5O/c1-3-5-11-6-9-7-15(14-13-9)8-10(16)12-4-2/h7,11H,3-6,8H2,1-2H3,(H,12,16). The third kappa shape index (κ3) is 4.39. The van der Waals surface area contributed by atoms with E-state index < -0.39 is 0 Å². The fraction of sp³-hybridized carbons (Fsp3) is 0.700. The average Bonchev–Trinajstić information content (AvgIpc) is 2.66. The van der Waals surface area contributed by atoms with Crippen molar-refractivity contribution in [1.82, 2.24) is 25.6 Å². The molecular formula is C10H19N5O. The van der Waals surface area contributed by atoms with Gasteiger partial charge in [-0.25, -0.2) is 4.68 Å². The summed E-state index contributed by atoms with van der Waals surface area (Å²) in [5, 5.41) is 13.8. The van der Waals surface area contributed by atoms with Crippen LogP contribution < -0.4 is 10.6 Å². The highest BCUT2D eigenvalue weighted by Crippen LogP contribution is 1.92. The van der Waals surface area contributed by atoms with Crippen molar-refractivity contribution in [3.63, 3.8) is 0 Å². The van der Waals surface area contributed by atoms with Crippen molar-refractivity contribution >= 4 is 5.91 Å². The van der Waals surface area contributed by atoms with Gasteiger partial charge in [-0.1, -0.05) is 12.1 Å². The first-order valence-electron chi connectivity index (χ1n) is 5.62. The molecule has 1 rings (SSSR count). The smallest absolute Gasteiger partial charge is 0.241 e. The van der Waals surface area contributed by atoms with E-state index in [1.165, 1.54) is 0 Å². The van der Waals surface area contributed by atoms with E-state index in [9.17, 15) is 4.79 Å². The summed E-state index contributed by atoms with van der Waals surface area (Å²) >= 11 is 0. The minimum atomic E-state index is -0.0412. The molecule has 1 aromatic rings. The molecule has 0 saturated carbocycles. The molecule has 0 spiro atoms. The highest BCUT2D eigenvalue weighted by molar-refractivity contribution is 5.75. The molecule has 6 heteroatoms. The van der Waals surface area contributed by atoms with Gasteiger partial charge >= 0.3 is 0 Å². The number of rotatable bonds is 7. The number of hydrogen-bond acceptors (Lipinski definition) is 4. The summed E-state index contributed by atoms with van der Waals surface area (Å²) < 4.78 is 1.55. The first-order chi connectivity index (χ1) is 7.76. The Morgan fingerprint density at radius 3 is 3.00 bits per heavy atom. The lowest BCUT2D eigenvalue weighted by molar-refractivity contribution is -0.121. The summed E-state index contributed by atoms with van der Waals surface area (Å²) in [6, 6.07) is 0. The van der Waals surface area contributed by atoms with Crippen molar-refractivity contribution < 1.29 is 4.79 Å². The Kier molecular flexibility index (Phi) is 5.49. The molecule has 0 aliphatic carbocycles. The molecule has 16 heavy (non-hydrogen) atoms. The van der Waals surface area contributed by atoms with Gasteiger partial charge in [0.15, 0.2) is 0 Å². The normalized spacial score (nSPS) is 10.4. The van der Waals surface area contributed by atoms with Crippen LogP contribution in [-0.2, 0) is 17.9 Å². The van der Waals surface area contributed by atoms with Crippen molar-refractivity contribution in [3.8, 4) is 0 Å². The first kappa shape index (κ1) is 12.6. The first-order valence-corrected chi connectivity index (χ1v) is 5.62. The average molecular weight is 225 g/mol. The van der Waals surface area contributed by atoms with Crippen LogP contribution in [0, 0.1) is 0 Å². The Labute approximate surface area is 95.4 Å². The molecular weight excluding hydrogens is 206 g/mol. The fourth-order valence-electron chi connectivity index (χ4n) is 1.29. The quantitative estimate of drug-likeness (QED) is 0.636. The van der Waals surface area contributed by atoms with E-state index in [4.69, 9.17) is 0 Å². The maximum atomic E-state index is 11.3. The van der Waals surface area contributed by atoms with Crippen molar-refractivity contribution in [2.75, 3.05) is 13.1 Å². The van der Waals surface area contributed by atoms with E-state index in [1.807, 2.05) is 6.92 Å². The van der Waals surface area contributed by atoms with E-state index in [0.29, 0.717) is 13.1 Å². The van der Waals surface area contributed by atoms with Crippen LogP contribution in [0.3, 0.4) is 0 Å². The molecule has 1 heterocycles. The molecule has 0 fully saturated rings. The summed E-state index contributed by atoms with van der Waals surface area (Å²) in [6.07, 6.45) is 2.88. The largest absolute Gasteiger partial charge is 0.355 e. The highest BCUT2D eigenvalue weighted by atomic mass is 16.2. The summed E-state index contributed by atoms with van der Waals surface area (Å²) in [5.41, 5.74) is 0.859. The second-order valence-electron chi connectivity index (χ2n) is 3.54. The van der Waals surface area contributed by atoms with E-state index in [2.05, 4.69) is 27.9 Å². The van der Waals surface area contributed by atoms with Gasteiger partial charge in [0.2, 0.25) is 5.91 Å². The fourth-order valence-corrected chi connectivity index (χ4v) is 1.29. The van der Waals surface area contributed by atoms with Gasteiger partial charge in [0.25, 0.3) is 0 Å². The van der Waals surface area contributed by atoms with Crippen LogP contribution in [0.5, 0.6) is 0 Å². The summed E-state index contributed by atoms with van der Waals surface area (Å²) in [7, 11) is 0. The number of amides is 1. The SMILES string of the molecule is CCCNCc1cn(CC(=O)NCC)nn1. The van der Waals surface area contributed by atoms with Gasteiger partial charge in [0.1, 0.15) is 6.54 Å². The number of carbonyl (C=O) groups excluding carboxylic acids is 1. The Morgan fingerprint density at radius 1 is 1.50 bits per heavy atom. The van der Waals surface area contributed by atoms with Gasteiger partial charge < -0.3 is 10.6 Å².